The van der Waals surface area contributed by atoms with Crippen LogP contribution in [0.15, 0.2) is 12.5 Å². The lowest BCUT2D eigenvalue weighted by atomic mass is 10.4. The van der Waals surface area contributed by atoms with Crippen molar-refractivity contribution in [1.29, 1.82) is 0 Å². The van der Waals surface area contributed by atoms with Crippen molar-refractivity contribution in [3.8, 4) is 0 Å². The van der Waals surface area contributed by atoms with Crippen LogP contribution in [-0.4, -0.2) is 35.1 Å². The highest BCUT2D eigenvalue weighted by Gasteiger charge is 2.32. The average molecular weight is 256 g/mol. The molecule has 0 aromatic carbocycles. The highest BCUT2D eigenvalue weighted by atomic mass is 35.5. The zero-order valence-electron chi connectivity index (χ0n) is 9.60. The summed E-state index contributed by atoms with van der Waals surface area (Å²) in [5.41, 5.74) is 0. The molecule has 0 spiro atoms. The number of carbonyl (C=O) groups excluding carboxylic acids is 1. The Hall–Kier alpha value is -1.36. The minimum absolute atomic E-state index is 0.190. The molecule has 0 aliphatic heterocycles. The van der Waals surface area contributed by atoms with Crippen molar-refractivity contribution in [2.75, 3.05) is 18.1 Å². The maximum atomic E-state index is 11.5. The van der Waals surface area contributed by atoms with E-state index in [1.807, 2.05) is 4.90 Å². The molecule has 1 aliphatic rings. The Morgan fingerprint density at radius 3 is 3.00 bits per heavy atom. The molecular formula is C11H14ClN3O2. The molecule has 0 N–H and O–H groups in total. The quantitative estimate of drug-likeness (QED) is 0.749. The van der Waals surface area contributed by atoms with Gasteiger partial charge in [0.2, 0.25) is 0 Å². The molecular weight excluding hydrogens is 242 g/mol. The Labute approximate surface area is 105 Å². The van der Waals surface area contributed by atoms with Crippen LogP contribution in [0.4, 0.5) is 5.82 Å². The van der Waals surface area contributed by atoms with E-state index in [4.69, 9.17) is 16.3 Å². The lowest BCUT2D eigenvalue weighted by Crippen LogP contribution is -2.33. The Bertz CT molecular complexity index is 409. The van der Waals surface area contributed by atoms with E-state index in [-0.39, 0.29) is 12.5 Å². The lowest BCUT2D eigenvalue weighted by Gasteiger charge is -2.22. The first-order chi connectivity index (χ1) is 8.22. The van der Waals surface area contributed by atoms with Crippen LogP contribution in [0.3, 0.4) is 0 Å². The summed E-state index contributed by atoms with van der Waals surface area (Å²) >= 11 is 6.03. The zero-order chi connectivity index (χ0) is 12.3. The fourth-order valence-electron chi connectivity index (χ4n) is 1.63. The summed E-state index contributed by atoms with van der Waals surface area (Å²) in [5, 5.41) is 0.462. The molecule has 17 heavy (non-hydrogen) atoms. The van der Waals surface area contributed by atoms with Gasteiger partial charge in [0.05, 0.1) is 12.8 Å². The number of esters is 1. The van der Waals surface area contributed by atoms with Crippen LogP contribution in [0.2, 0.25) is 5.02 Å². The van der Waals surface area contributed by atoms with Crippen LogP contribution in [0.25, 0.3) is 0 Å². The minimum Gasteiger partial charge on any atom is -0.465 e. The van der Waals surface area contributed by atoms with Crippen molar-refractivity contribution in [2.24, 2.45) is 0 Å². The molecule has 1 saturated carbocycles. The van der Waals surface area contributed by atoms with Crippen LogP contribution >= 0.6 is 11.6 Å². The predicted molar refractivity (Wildman–Crippen MR) is 64.0 cm³/mol. The Kier molecular flexibility index (Phi) is 3.78. The molecule has 0 radical (unpaired) electrons. The zero-order valence-corrected chi connectivity index (χ0v) is 10.4. The Morgan fingerprint density at radius 2 is 2.41 bits per heavy atom. The molecule has 92 valence electrons. The number of hydrogen-bond acceptors (Lipinski definition) is 5. The van der Waals surface area contributed by atoms with Gasteiger partial charge in [0.15, 0.2) is 5.82 Å². The first-order valence-corrected chi connectivity index (χ1v) is 5.98. The SMILES string of the molecule is CCOC(=O)CN(c1ncncc1Cl)C1CC1. The highest BCUT2D eigenvalue weighted by molar-refractivity contribution is 6.32. The first kappa shape index (κ1) is 12.1. The normalized spacial score (nSPS) is 14.5. The number of ether oxygens (including phenoxy) is 1. The molecule has 0 atom stereocenters. The topological polar surface area (TPSA) is 55.3 Å². The van der Waals surface area contributed by atoms with Gasteiger partial charge in [0.25, 0.3) is 0 Å². The van der Waals surface area contributed by atoms with E-state index in [2.05, 4.69) is 9.97 Å². The number of halogens is 1. The highest BCUT2D eigenvalue weighted by Crippen LogP contribution is 2.33. The van der Waals surface area contributed by atoms with E-state index in [9.17, 15) is 4.79 Å². The largest absolute Gasteiger partial charge is 0.465 e. The van der Waals surface area contributed by atoms with Gasteiger partial charge in [-0.25, -0.2) is 9.97 Å². The summed E-state index contributed by atoms with van der Waals surface area (Å²) in [6.07, 6.45) is 5.08. The van der Waals surface area contributed by atoms with Crippen molar-refractivity contribution in [1.82, 2.24) is 9.97 Å². The van der Waals surface area contributed by atoms with Crippen LogP contribution in [0.1, 0.15) is 19.8 Å². The number of anilines is 1. The van der Waals surface area contributed by atoms with Gasteiger partial charge in [-0.1, -0.05) is 11.6 Å². The number of nitrogens with zero attached hydrogens (tertiary/aromatic N) is 3. The third-order valence-electron chi connectivity index (χ3n) is 2.51. The first-order valence-electron chi connectivity index (χ1n) is 5.60. The van der Waals surface area contributed by atoms with E-state index in [1.165, 1.54) is 12.5 Å². The van der Waals surface area contributed by atoms with Crippen LogP contribution in [0.5, 0.6) is 0 Å². The molecule has 0 amide bonds. The van der Waals surface area contributed by atoms with Crippen molar-refractivity contribution in [3.63, 3.8) is 0 Å². The fourth-order valence-corrected chi connectivity index (χ4v) is 1.84. The fraction of sp³-hybridized carbons (Fsp3) is 0.545. The number of carbonyl (C=O) groups is 1. The van der Waals surface area contributed by atoms with Gasteiger partial charge in [-0.3, -0.25) is 4.79 Å². The van der Waals surface area contributed by atoms with Crippen molar-refractivity contribution in [2.45, 2.75) is 25.8 Å². The van der Waals surface area contributed by atoms with Gasteiger partial charge in [-0.2, -0.15) is 0 Å². The van der Waals surface area contributed by atoms with E-state index in [0.717, 1.165) is 12.8 Å². The van der Waals surface area contributed by atoms with Crippen molar-refractivity contribution < 1.29 is 9.53 Å². The average Bonchev–Trinajstić information content (AvgIpc) is 3.11. The molecule has 0 saturated heterocycles. The van der Waals surface area contributed by atoms with Gasteiger partial charge >= 0.3 is 5.97 Å². The standard InChI is InChI=1S/C11H14ClN3O2/c1-2-17-10(16)6-15(8-3-4-8)11-9(12)5-13-7-14-11/h5,7-8H,2-4,6H2,1H3. The molecule has 2 rings (SSSR count). The van der Waals surface area contributed by atoms with Crippen molar-refractivity contribution in [3.05, 3.63) is 17.5 Å². The molecule has 0 unspecified atom stereocenters. The molecule has 6 heteroatoms. The van der Waals surface area contributed by atoms with Gasteiger partial charge in [-0.15, -0.1) is 0 Å². The minimum atomic E-state index is -0.255. The van der Waals surface area contributed by atoms with Gasteiger partial charge in [0.1, 0.15) is 17.9 Å². The number of rotatable bonds is 5. The number of hydrogen-bond donors (Lipinski definition) is 0. The maximum absolute atomic E-state index is 11.5. The second-order valence-electron chi connectivity index (χ2n) is 3.86. The number of aromatic nitrogens is 2. The second kappa shape index (κ2) is 5.31. The van der Waals surface area contributed by atoms with E-state index >= 15 is 0 Å². The summed E-state index contributed by atoms with van der Waals surface area (Å²) < 4.78 is 4.94. The Balaban J connectivity index is 2.12. The van der Waals surface area contributed by atoms with Crippen LogP contribution < -0.4 is 4.90 Å². The summed E-state index contributed by atoms with van der Waals surface area (Å²) in [4.78, 5) is 21.4. The smallest absolute Gasteiger partial charge is 0.325 e. The summed E-state index contributed by atoms with van der Waals surface area (Å²) in [6, 6.07) is 0.340. The third kappa shape index (κ3) is 3.06. The monoisotopic (exact) mass is 255 g/mol. The van der Waals surface area contributed by atoms with Crippen LogP contribution in [0, 0.1) is 0 Å². The predicted octanol–water partition coefficient (Wildman–Crippen LogP) is 1.66. The molecule has 1 aromatic rings. The Morgan fingerprint density at radius 1 is 1.65 bits per heavy atom. The van der Waals surface area contributed by atoms with E-state index < -0.39 is 0 Å². The lowest BCUT2D eigenvalue weighted by molar-refractivity contribution is -0.141. The molecule has 1 fully saturated rings. The van der Waals surface area contributed by atoms with Gasteiger partial charge < -0.3 is 9.64 Å². The molecule has 1 aliphatic carbocycles. The van der Waals surface area contributed by atoms with Gasteiger partial charge in [0, 0.05) is 6.04 Å². The summed E-state index contributed by atoms with van der Waals surface area (Å²) in [7, 11) is 0. The summed E-state index contributed by atoms with van der Waals surface area (Å²) in [6.45, 7) is 2.36. The molecule has 0 bridgehead atoms. The van der Waals surface area contributed by atoms with Crippen LogP contribution in [-0.2, 0) is 9.53 Å². The van der Waals surface area contributed by atoms with Crippen molar-refractivity contribution >= 4 is 23.4 Å². The van der Waals surface area contributed by atoms with E-state index in [1.54, 1.807) is 6.92 Å². The van der Waals surface area contributed by atoms with E-state index in [0.29, 0.717) is 23.5 Å². The summed E-state index contributed by atoms with van der Waals surface area (Å²) in [5.74, 6) is 0.353. The third-order valence-corrected chi connectivity index (χ3v) is 2.78. The van der Waals surface area contributed by atoms with Gasteiger partial charge in [-0.05, 0) is 19.8 Å². The maximum Gasteiger partial charge on any atom is 0.325 e. The molecule has 1 heterocycles. The molecule has 1 aromatic heterocycles. The second-order valence-corrected chi connectivity index (χ2v) is 4.27. The molecule has 5 nitrogen and oxygen atoms in total.